The number of hydrogen-bond acceptors (Lipinski definition) is 5. The highest BCUT2D eigenvalue weighted by molar-refractivity contribution is 9.10. The fourth-order valence-electron chi connectivity index (χ4n) is 4.34. The maximum atomic E-state index is 14.2. The van der Waals surface area contributed by atoms with Crippen LogP contribution >= 0.6 is 27.7 Å². The van der Waals surface area contributed by atoms with E-state index in [2.05, 4.69) is 32.6 Å². The van der Waals surface area contributed by atoms with Crippen molar-refractivity contribution < 1.29 is 14.3 Å². The zero-order chi connectivity index (χ0) is 25.3. The van der Waals surface area contributed by atoms with E-state index >= 15 is 0 Å². The van der Waals surface area contributed by atoms with Gasteiger partial charge in [-0.05, 0) is 68.9 Å². The molecule has 0 saturated heterocycles. The quantitative estimate of drug-likeness (QED) is 0.441. The summed E-state index contributed by atoms with van der Waals surface area (Å²) in [7, 11) is 3.37. The van der Waals surface area contributed by atoms with E-state index in [4.69, 9.17) is 4.74 Å². The van der Waals surface area contributed by atoms with Gasteiger partial charge in [0.2, 0.25) is 5.91 Å². The van der Waals surface area contributed by atoms with Crippen LogP contribution in [0, 0.1) is 0 Å². The number of thioether (sulfide) groups is 1. The highest BCUT2D eigenvalue weighted by Crippen LogP contribution is 2.45. The number of amides is 2. The molecule has 6 nitrogen and oxygen atoms in total. The van der Waals surface area contributed by atoms with Crippen LogP contribution in [0.5, 0.6) is 5.75 Å². The van der Waals surface area contributed by atoms with Gasteiger partial charge in [-0.1, -0.05) is 40.2 Å². The summed E-state index contributed by atoms with van der Waals surface area (Å²) in [6.45, 7) is 6.09. The number of halogens is 1. The molecule has 0 spiro atoms. The van der Waals surface area contributed by atoms with Crippen molar-refractivity contribution in [1.29, 1.82) is 0 Å². The number of anilines is 1. The van der Waals surface area contributed by atoms with Crippen molar-refractivity contribution >= 4 is 56.0 Å². The zero-order valence-corrected chi connectivity index (χ0v) is 22.9. The Morgan fingerprint density at radius 1 is 1.20 bits per heavy atom. The predicted octanol–water partition coefficient (Wildman–Crippen LogP) is 5.12. The first-order valence-corrected chi connectivity index (χ1v) is 13.1. The van der Waals surface area contributed by atoms with E-state index in [0.717, 1.165) is 31.4 Å². The van der Waals surface area contributed by atoms with Crippen molar-refractivity contribution in [2.75, 3.05) is 19.1 Å². The van der Waals surface area contributed by atoms with E-state index in [-0.39, 0.29) is 11.8 Å². The molecule has 3 aromatic rings. The highest BCUT2D eigenvalue weighted by atomic mass is 79.9. The van der Waals surface area contributed by atoms with Crippen LogP contribution in [0.2, 0.25) is 0 Å². The van der Waals surface area contributed by atoms with E-state index in [1.807, 2.05) is 62.4 Å². The predicted molar refractivity (Wildman–Crippen MR) is 146 cm³/mol. The van der Waals surface area contributed by atoms with Crippen LogP contribution in [0.3, 0.4) is 0 Å². The number of nitrogens with one attached hydrogen (secondary N) is 2. The summed E-state index contributed by atoms with van der Waals surface area (Å²) in [5.41, 5.74) is 1.74. The fraction of sp³-hybridized carbons (Fsp3) is 0.333. The Hall–Kier alpha value is -2.55. The van der Waals surface area contributed by atoms with E-state index in [0.29, 0.717) is 12.3 Å². The molecule has 0 bridgehead atoms. The van der Waals surface area contributed by atoms with Crippen LogP contribution in [0.15, 0.2) is 64.0 Å². The van der Waals surface area contributed by atoms with Crippen molar-refractivity contribution in [3.63, 3.8) is 0 Å². The molecule has 2 N–H and O–H groups in total. The van der Waals surface area contributed by atoms with Gasteiger partial charge in [-0.2, -0.15) is 0 Å². The van der Waals surface area contributed by atoms with E-state index < -0.39 is 16.8 Å². The monoisotopic (exact) mass is 555 g/mol. The van der Waals surface area contributed by atoms with Crippen molar-refractivity contribution in [3.05, 3.63) is 64.6 Å². The third kappa shape index (κ3) is 5.06. The standard InChI is InChI=1S/C27H30BrN3O3S/c1-16(29-4)25(32)30-24-26(33)31(21-8-6-7-9-23(21)35-27(24,2)3)15-20-19-12-11-18(28)14-17(19)10-13-22(20)34-5/h6-14,16,24,29H,15H2,1-5H3,(H,30,32)/t16-,24+/m1/s1. The van der Waals surface area contributed by atoms with Gasteiger partial charge in [0.15, 0.2) is 0 Å². The number of hydrogen-bond donors (Lipinski definition) is 2. The smallest absolute Gasteiger partial charge is 0.251 e. The first-order valence-electron chi connectivity index (χ1n) is 11.5. The third-order valence-electron chi connectivity index (χ3n) is 6.44. The first kappa shape index (κ1) is 25.5. The molecule has 0 fully saturated rings. The Labute approximate surface area is 218 Å². The summed E-state index contributed by atoms with van der Waals surface area (Å²) in [6.07, 6.45) is 0. The number of rotatable bonds is 6. The van der Waals surface area contributed by atoms with Gasteiger partial charge in [-0.15, -0.1) is 11.8 Å². The Morgan fingerprint density at radius 2 is 1.94 bits per heavy atom. The van der Waals surface area contributed by atoms with Crippen LogP contribution in [0.1, 0.15) is 26.3 Å². The Bertz CT molecular complexity index is 1280. The number of methoxy groups -OCH3 is 1. The number of carbonyl (C=O) groups excluding carboxylic acids is 2. The van der Waals surface area contributed by atoms with Crippen LogP contribution in [0.25, 0.3) is 10.8 Å². The second-order valence-electron chi connectivity index (χ2n) is 9.16. The number of fused-ring (bicyclic) bond motifs is 2. The zero-order valence-electron chi connectivity index (χ0n) is 20.5. The minimum atomic E-state index is -0.724. The lowest BCUT2D eigenvalue weighted by Gasteiger charge is -2.34. The minimum Gasteiger partial charge on any atom is -0.496 e. The average Bonchev–Trinajstić information content (AvgIpc) is 2.91. The molecule has 1 aliphatic heterocycles. The van der Waals surface area contributed by atoms with Crippen molar-refractivity contribution in [3.8, 4) is 5.75 Å². The van der Waals surface area contributed by atoms with Crippen LogP contribution < -0.4 is 20.3 Å². The lowest BCUT2D eigenvalue weighted by Crippen LogP contribution is -2.58. The minimum absolute atomic E-state index is 0.153. The third-order valence-corrected chi connectivity index (χ3v) is 8.26. The van der Waals surface area contributed by atoms with Gasteiger partial charge in [-0.25, -0.2) is 0 Å². The van der Waals surface area contributed by atoms with Crippen molar-refractivity contribution in [2.45, 2.75) is 49.0 Å². The molecule has 1 aliphatic rings. The van der Waals surface area contributed by atoms with E-state index in [1.165, 1.54) is 0 Å². The molecular weight excluding hydrogens is 526 g/mol. The second kappa shape index (κ2) is 10.2. The summed E-state index contributed by atoms with van der Waals surface area (Å²) in [6, 6.07) is 16.8. The van der Waals surface area contributed by atoms with E-state index in [1.54, 1.807) is 37.7 Å². The van der Waals surface area contributed by atoms with Crippen molar-refractivity contribution in [2.24, 2.45) is 0 Å². The number of para-hydroxylation sites is 1. The number of benzene rings is 3. The SMILES string of the molecule is CN[C@H](C)C(=O)N[C@H]1C(=O)N(Cc2c(OC)ccc3cc(Br)ccc23)c2ccccc2SC1(C)C. The molecule has 4 rings (SSSR count). The van der Waals surface area contributed by atoms with Gasteiger partial charge in [0.1, 0.15) is 11.8 Å². The van der Waals surface area contributed by atoms with Crippen LogP contribution in [0.4, 0.5) is 5.69 Å². The Morgan fingerprint density at radius 3 is 2.66 bits per heavy atom. The molecule has 2 atom stereocenters. The first-order chi connectivity index (χ1) is 16.7. The number of carbonyl (C=O) groups is 2. The van der Waals surface area contributed by atoms with Crippen LogP contribution in [-0.4, -0.2) is 42.8 Å². The van der Waals surface area contributed by atoms with Crippen molar-refractivity contribution in [1.82, 2.24) is 10.6 Å². The topological polar surface area (TPSA) is 70.7 Å². The molecule has 0 aliphatic carbocycles. The summed E-state index contributed by atoms with van der Waals surface area (Å²) in [4.78, 5) is 29.8. The summed E-state index contributed by atoms with van der Waals surface area (Å²) in [5, 5.41) is 8.04. The number of nitrogens with zero attached hydrogens (tertiary/aromatic N) is 1. The molecule has 0 unspecified atom stereocenters. The molecule has 0 aromatic heterocycles. The van der Waals surface area contributed by atoms with Gasteiger partial charge in [0, 0.05) is 19.7 Å². The normalized spacial score (nSPS) is 18.1. The van der Waals surface area contributed by atoms with E-state index in [9.17, 15) is 9.59 Å². The Kier molecular flexibility index (Phi) is 7.45. The largest absolute Gasteiger partial charge is 0.496 e. The fourth-order valence-corrected chi connectivity index (χ4v) is 5.99. The maximum Gasteiger partial charge on any atom is 0.251 e. The molecule has 3 aromatic carbocycles. The van der Waals surface area contributed by atoms with Gasteiger partial charge in [-0.3, -0.25) is 9.59 Å². The number of ether oxygens (including phenoxy) is 1. The summed E-state index contributed by atoms with van der Waals surface area (Å²) in [5.74, 6) is 0.351. The average molecular weight is 557 g/mol. The highest BCUT2D eigenvalue weighted by Gasteiger charge is 2.44. The molecule has 0 saturated carbocycles. The van der Waals surface area contributed by atoms with Gasteiger partial charge in [0.05, 0.1) is 25.4 Å². The Balaban J connectivity index is 1.84. The van der Waals surface area contributed by atoms with Gasteiger partial charge in [0.25, 0.3) is 5.91 Å². The molecule has 35 heavy (non-hydrogen) atoms. The molecular formula is C27H30BrN3O3S. The van der Waals surface area contributed by atoms with Gasteiger partial charge < -0.3 is 20.3 Å². The number of likely N-dealkylation sites (N-methyl/N-ethyl adjacent to an activating group) is 1. The second-order valence-corrected chi connectivity index (χ2v) is 11.8. The molecule has 8 heteroatoms. The molecule has 0 radical (unpaired) electrons. The summed E-state index contributed by atoms with van der Waals surface area (Å²) >= 11 is 5.15. The lowest BCUT2D eigenvalue weighted by atomic mass is 9.99. The molecule has 2 amide bonds. The molecule has 184 valence electrons. The van der Waals surface area contributed by atoms with Gasteiger partial charge >= 0.3 is 0 Å². The molecule has 1 heterocycles. The summed E-state index contributed by atoms with van der Waals surface area (Å²) < 4.78 is 6.14. The lowest BCUT2D eigenvalue weighted by molar-refractivity contribution is -0.129. The van der Waals surface area contributed by atoms with Crippen LogP contribution in [-0.2, 0) is 16.1 Å². The maximum absolute atomic E-state index is 14.2.